The number of nitrogens with one attached hydrogen (secondary N) is 1. The molecular weight excluding hydrogens is 272 g/mol. The summed E-state index contributed by atoms with van der Waals surface area (Å²) in [6.45, 7) is 5.28. The van der Waals surface area contributed by atoms with Gasteiger partial charge >= 0.3 is 0 Å². The molecule has 0 saturated heterocycles. The van der Waals surface area contributed by atoms with Gasteiger partial charge in [0.25, 0.3) is 0 Å². The van der Waals surface area contributed by atoms with Gasteiger partial charge in [-0.15, -0.1) is 0 Å². The molecule has 1 atom stereocenters. The van der Waals surface area contributed by atoms with E-state index in [9.17, 15) is 4.79 Å². The van der Waals surface area contributed by atoms with Gasteiger partial charge < -0.3 is 5.32 Å². The second-order valence-electron chi connectivity index (χ2n) is 5.80. The van der Waals surface area contributed by atoms with Crippen LogP contribution >= 0.6 is 0 Å². The van der Waals surface area contributed by atoms with Gasteiger partial charge in [0.05, 0.1) is 12.6 Å². The van der Waals surface area contributed by atoms with E-state index in [4.69, 9.17) is 0 Å². The molecule has 0 aromatic heterocycles. The Morgan fingerprint density at radius 2 is 1.73 bits per heavy atom. The molecule has 0 fully saturated rings. The Morgan fingerprint density at radius 3 is 2.41 bits per heavy atom. The van der Waals surface area contributed by atoms with Crippen LogP contribution in [-0.4, -0.2) is 24.4 Å². The van der Waals surface area contributed by atoms with Crippen molar-refractivity contribution in [2.24, 2.45) is 0 Å². The molecule has 0 aliphatic rings. The zero-order chi connectivity index (χ0) is 15.9. The van der Waals surface area contributed by atoms with Crippen molar-refractivity contribution in [1.82, 2.24) is 10.2 Å². The van der Waals surface area contributed by atoms with Crippen molar-refractivity contribution in [3.05, 3.63) is 71.3 Å². The maximum Gasteiger partial charge on any atom is 0.234 e. The largest absolute Gasteiger partial charge is 0.348 e. The molecule has 1 amide bonds. The molecule has 0 saturated carbocycles. The Hall–Kier alpha value is -2.13. The lowest BCUT2D eigenvalue weighted by molar-refractivity contribution is -0.122. The fourth-order valence-electron chi connectivity index (χ4n) is 2.49. The second kappa shape index (κ2) is 7.76. The standard InChI is InChI=1S/C19H24N2O/c1-15-9-7-8-12-18(15)13-21(3)14-19(22)20-16(2)17-10-5-4-6-11-17/h4-12,16H,13-14H2,1-3H3,(H,20,22)/t16-/m1/s1. The third-order valence-electron chi connectivity index (χ3n) is 3.79. The number of amides is 1. The van der Waals surface area contributed by atoms with E-state index in [1.54, 1.807) is 0 Å². The Bertz CT molecular complexity index is 610. The molecule has 22 heavy (non-hydrogen) atoms. The average molecular weight is 296 g/mol. The number of benzene rings is 2. The number of carbonyl (C=O) groups excluding carboxylic acids is 1. The van der Waals surface area contributed by atoms with Gasteiger partial charge in [-0.05, 0) is 37.6 Å². The van der Waals surface area contributed by atoms with Gasteiger partial charge in [0, 0.05) is 6.54 Å². The van der Waals surface area contributed by atoms with E-state index < -0.39 is 0 Å². The highest BCUT2D eigenvalue weighted by Gasteiger charge is 2.12. The van der Waals surface area contributed by atoms with Crippen LogP contribution in [0.4, 0.5) is 0 Å². The Kier molecular flexibility index (Phi) is 5.73. The van der Waals surface area contributed by atoms with E-state index in [0.717, 1.165) is 12.1 Å². The van der Waals surface area contributed by atoms with Crippen LogP contribution in [0.5, 0.6) is 0 Å². The minimum absolute atomic E-state index is 0.0283. The van der Waals surface area contributed by atoms with E-state index in [1.165, 1.54) is 11.1 Å². The molecule has 2 rings (SSSR count). The highest BCUT2D eigenvalue weighted by molar-refractivity contribution is 5.78. The fraction of sp³-hybridized carbons (Fsp3) is 0.316. The maximum absolute atomic E-state index is 12.2. The summed E-state index contributed by atoms with van der Waals surface area (Å²) in [4.78, 5) is 14.2. The highest BCUT2D eigenvalue weighted by atomic mass is 16.2. The van der Waals surface area contributed by atoms with Crippen LogP contribution in [-0.2, 0) is 11.3 Å². The molecule has 116 valence electrons. The summed E-state index contributed by atoms with van der Waals surface area (Å²) in [6, 6.07) is 18.3. The third kappa shape index (κ3) is 4.71. The van der Waals surface area contributed by atoms with Gasteiger partial charge in [-0.3, -0.25) is 9.69 Å². The predicted molar refractivity (Wildman–Crippen MR) is 90.5 cm³/mol. The SMILES string of the molecule is Cc1ccccc1CN(C)CC(=O)N[C@H](C)c1ccccc1. The number of rotatable bonds is 6. The van der Waals surface area contributed by atoms with E-state index in [2.05, 4.69) is 24.4 Å². The van der Waals surface area contributed by atoms with Crippen LogP contribution in [0.3, 0.4) is 0 Å². The van der Waals surface area contributed by atoms with Crippen LogP contribution in [0.2, 0.25) is 0 Å². The number of likely N-dealkylation sites (N-methyl/N-ethyl adjacent to an activating group) is 1. The summed E-state index contributed by atoms with van der Waals surface area (Å²) in [5.74, 6) is 0.0486. The molecule has 3 nitrogen and oxygen atoms in total. The van der Waals surface area contributed by atoms with Crippen LogP contribution < -0.4 is 5.32 Å². The zero-order valence-corrected chi connectivity index (χ0v) is 13.5. The molecule has 0 aliphatic heterocycles. The van der Waals surface area contributed by atoms with Crippen molar-refractivity contribution in [3.8, 4) is 0 Å². The molecule has 0 aliphatic carbocycles. The number of carbonyl (C=O) groups is 1. The molecule has 0 radical (unpaired) electrons. The van der Waals surface area contributed by atoms with Crippen LogP contribution in [0.25, 0.3) is 0 Å². The summed E-state index contributed by atoms with van der Waals surface area (Å²) in [5, 5.41) is 3.05. The Balaban J connectivity index is 1.85. The average Bonchev–Trinajstić information content (AvgIpc) is 2.50. The normalized spacial score (nSPS) is 12.2. The summed E-state index contributed by atoms with van der Waals surface area (Å²) >= 11 is 0. The Morgan fingerprint density at radius 1 is 1.09 bits per heavy atom. The summed E-state index contributed by atoms with van der Waals surface area (Å²) in [7, 11) is 1.97. The van der Waals surface area contributed by atoms with Gasteiger partial charge in [0.15, 0.2) is 0 Å². The van der Waals surface area contributed by atoms with Gasteiger partial charge in [0.2, 0.25) is 5.91 Å². The first-order valence-corrected chi connectivity index (χ1v) is 7.63. The van der Waals surface area contributed by atoms with Crippen molar-refractivity contribution in [1.29, 1.82) is 0 Å². The number of aryl methyl sites for hydroxylation is 1. The van der Waals surface area contributed by atoms with Crippen molar-refractivity contribution in [2.75, 3.05) is 13.6 Å². The van der Waals surface area contributed by atoms with E-state index in [1.807, 2.05) is 61.3 Å². The maximum atomic E-state index is 12.2. The predicted octanol–water partition coefficient (Wildman–Crippen LogP) is 3.30. The van der Waals surface area contributed by atoms with Crippen molar-refractivity contribution in [2.45, 2.75) is 26.4 Å². The summed E-state index contributed by atoms with van der Waals surface area (Å²) < 4.78 is 0. The molecule has 2 aromatic rings. The number of nitrogens with zero attached hydrogens (tertiary/aromatic N) is 1. The lowest BCUT2D eigenvalue weighted by Gasteiger charge is -2.20. The minimum Gasteiger partial charge on any atom is -0.348 e. The lowest BCUT2D eigenvalue weighted by Crippen LogP contribution is -2.36. The van der Waals surface area contributed by atoms with Gasteiger partial charge in [-0.25, -0.2) is 0 Å². The smallest absolute Gasteiger partial charge is 0.234 e. The fourth-order valence-corrected chi connectivity index (χ4v) is 2.49. The van der Waals surface area contributed by atoms with E-state index >= 15 is 0 Å². The molecule has 0 unspecified atom stereocenters. The quantitative estimate of drug-likeness (QED) is 0.887. The zero-order valence-electron chi connectivity index (χ0n) is 13.5. The molecule has 3 heteroatoms. The molecule has 2 aromatic carbocycles. The first-order valence-electron chi connectivity index (χ1n) is 7.63. The van der Waals surface area contributed by atoms with Crippen LogP contribution in [0, 0.1) is 6.92 Å². The number of hydrogen-bond donors (Lipinski definition) is 1. The Labute approximate surface area is 133 Å². The lowest BCUT2D eigenvalue weighted by atomic mass is 10.1. The third-order valence-corrected chi connectivity index (χ3v) is 3.79. The highest BCUT2D eigenvalue weighted by Crippen LogP contribution is 2.12. The summed E-state index contributed by atoms with van der Waals surface area (Å²) in [5.41, 5.74) is 3.64. The van der Waals surface area contributed by atoms with Gasteiger partial charge in [-0.1, -0.05) is 54.6 Å². The van der Waals surface area contributed by atoms with Crippen molar-refractivity contribution >= 4 is 5.91 Å². The van der Waals surface area contributed by atoms with Gasteiger partial charge in [-0.2, -0.15) is 0 Å². The molecule has 0 heterocycles. The molecular formula is C19H24N2O. The van der Waals surface area contributed by atoms with E-state index in [0.29, 0.717) is 6.54 Å². The van der Waals surface area contributed by atoms with Gasteiger partial charge in [0.1, 0.15) is 0 Å². The number of hydrogen-bond acceptors (Lipinski definition) is 2. The topological polar surface area (TPSA) is 32.3 Å². The first-order chi connectivity index (χ1) is 10.6. The molecule has 1 N–H and O–H groups in total. The van der Waals surface area contributed by atoms with Crippen molar-refractivity contribution < 1.29 is 4.79 Å². The van der Waals surface area contributed by atoms with Crippen LogP contribution in [0.1, 0.15) is 29.7 Å². The summed E-state index contributed by atoms with van der Waals surface area (Å²) in [6.07, 6.45) is 0. The molecule has 0 spiro atoms. The minimum atomic E-state index is 0.0283. The van der Waals surface area contributed by atoms with E-state index in [-0.39, 0.29) is 11.9 Å². The van der Waals surface area contributed by atoms with Crippen LogP contribution in [0.15, 0.2) is 54.6 Å². The molecule has 0 bridgehead atoms. The van der Waals surface area contributed by atoms with Crippen molar-refractivity contribution in [3.63, 3.8) is 0 Å². The first kappa shape index (κ1) is 16.2. The monoisotopic (exact) mass is 296 g/mol. The second-order valence-corrected chi connectivity index (χ2v) is 5.80.